The fraction of sp³-hybridized carbons (Fsp3) is 0.200. The first kappa shape index (κ1) is 21.0. The van der Waals surface area contributed by atoms with Gasteiger partial charge in [-0.15, -0.1) is 0 Å². The lowest BCUT2D eigenvalue weighted by Crippen LogP contribution is -2.32. The van der Waals surface area contributed by atoms with E-state index in [9.17, 15) is 18.0 Å². The van der Waals surface area contributed by atoms with E-state index in [1.807, 2.05) is 0 Å². The summed E-state index contributed by atoms with van der Waals surface area (Å²) in [5.74, 6) is -0.554. The molecule has 3 heterocycles. The van der Waals surface area contributed by atoms with Gasteiger partial charge in [-0.05, 0) is 24.6 Å². The Morgan fingerprint density at radius 2 is 1.94 bits per heavy atom. The molecule has 0 radical (unpaired) electrons. The highest BCUT2D eigenvalue weighted by molar-refractivity contribution is 5.86. The zero-order valence-corrected chi connectivity index (χ0v) is 16.3. The molecule has 0 atom stereocenters. The highest BCUT2D eigenvalue weighted by Crippen LogP contribution is 2.35. The van der Waals surface area contributed by atoms with Crippen LogP contribution < -0.4 is 10.2 Å². The Kier molecular flexibility index (Phi) is 5.31. The number of benzene rings is 1. The zero-order chi connectivity index (χ0) is 22.9. The standard InChI is InChI=1S/C20H14F3N7O2/c21-20(22,23)15-5-13(2-1-11(15)6-24)30-4-3-14-16(9-30)27-10-28-17(14)29-19-25-7-12(8-26-19)18(31)32/h1-2,5,7-8,10H,3-4,9H2,(H,31,32)(H,25,26,27,28,29). The number of nitrogens with one attached hydrogen (secondary N) is 1. The Labute approximate surface area is 179 Å². The average molecular weight is 441 g/mol. The Hall–Kier alpha value is -4.27. The van der Waals surface area contributed by atoms with Crippen LogP contribution in [0, 0.1) is 11.3 Å². The number of anilines is 3. The summed E-state index contributed by atoms with van der Waals surface area (Å²) < 4.78 is 39.9. The molecule has 1 aromatic carbocycles. The van der Waals surface area contributed by atoms with E-state index in [4.69, 9.17) is 10.4 Å². The molecule has 1 aliphatic rings. The number of carboxylic acids is 1. The summed E-state index contributed by atoms with van der Waals surface area (Å²) in [6.07, 6.45) is -0.556. The molecule has 9 nitrogen and oxygen atoms in total. The third-order valence-electron chi connectivity index (χ3n) is 4.93. The molecule has 32 heavy (non-hydrogen) atoms. The first-order valence-electron chi connectivity index (χ1n) is 9.27. The number of nitrogens with zero attached hydrogens (tertiary/aromatic N) is 6. The highest BCUT2D eigenvalue weighted by atomic mass is 19.4. The summed E-state index contributed by atoms with van der Waals surface area (Å²) >= 11 is 0. The largest absolute Gasteiger partial charge is 0.478 e. The van der Waals surface area contributed by atoms with E-state index in [2.05, 4.69) is 25.3 Å². The molecule has 0 bridgehead atoms. The average Bonchev–Trinajstić information content (AvgIpc) is 2.78. The number of hydrogen-bond donors (Lipinski definition) is 2. The van der Waals surface area contributed by atoms with Crippen molar-refractivity contribution in [2.24, 2.45) is 0 Å². The minimum Gasteiger partial charge on any atom is -0.478 e. The van der Waals surface area contributed by atoms with Crippen LogP contribution in [0.15, 0.2) is 36.9 Å². The van der Waals surface area contributed by atoms with Crippen molar-refractivity contribution in [3.05, 3.63) is 64.9 Å². The molecule has 2 aromatic heterocycles. The van der Waals surface area contributed by atoms with Crippen LogP contribution in [0.25, 0.3) is 0 Å². The highest BCUT2D eigenvalue weighted by Gasteiger charge is 2.34. The molecule has 3 aromatic rings. The Bertz CT molecular complexity index is 1220. The number of carbonyl (C=O) groups is 1. The molecule has 0 spiro atoms. The van der Waals surface area contributed by atoms with Gasteiger partial charge in [0.15, 0.2) is 0 Å². The normalized spacial score (nSPS) is 13.2. The fourth-order valence-electron chi connectivity index (χ4n) is 3.35. The smallest absolute Gasteiger partial charge is 0.417 e. The molecular weight excluding hydrogens is 427 g/mol. The SMILES string of the molecule is N#Cc1ccc(N2CCc3c(ncnc3Nc3ncc(C(=O)O)cn3)C2)cc1C(F)(F)F. The van der Waals surface area contributed by atoms with Crippen LogP contribution in [0.3, 0.4) is 0 Å². The number of nitriles is 1. The quantitative estimate of drug-likeness (QED) is 0.627. The lowest BCUT2D eigenvalue weighted by molar-refractivity contribution is -0.137. The predicted molar refractivity (Wildman–Crippen MR) is 105 cm³/mol. The van der Waals surface area contributed by atoms with Crippen molar-refractivity contribution in [2.45, 2.75) is 19.1 Å². The van der Waals surface area contributed by atoms with E-state index in [-0.39, 0.29) is 18.1 Å². The number of rotatable bonds is 4. The molecule has 0 unspecified atom stereocenters. The van der Waals surface area contributed by atoms with E-state index in [1.165, 1.54) is 18.5 Å². The molecule has 162 valence electrons. The van der Waals surface area contributed by atoms with Gasteiger partial charge in [0.05, 0.1) is 35.0 Å². The molecule has 0 saturated heterocycles. The number of alkyl halides is 3. The first-order valence-corrected chi connectivity index (χ1v) is 9.27. The molecule has 12 heteroatoms. The monoisotopic (exact) mass is 441 g/mol. The molecule has 0 amide bonds. The van der Waals surface area contributed by atoms with Crippen LogP contribution in [0.1, 0.15) is 32.7 Å². The Morgan fingerprint density at radius 3 is 2.59 bits per heavy atom. The van der Waals surface area contributed by atoms with Gasteiger partial charge < -0.3 is 15.3 Å². The van der Waals surface area contributed by atoms with Gasteiger partial charge in [-0.1, -0.05) is 0 Å². The van der Waals surface area contributed by atoms with Gasteiger partial charge in [0.2, 0.25) is 5.95 Å². The maximum Gasteiger partial charge on any atom is 0.417 e. The van der Waals surface area contributed by atoms with Crippen LogP contribution in [0.4, 0.5) is 30.6 Å². The van der Waals surface area contributed by atoms with Crippen molar-refractivity contribution in [2.75, 3.05) is 16.8 Å². The summed E-state index contributed by atoms with van der Waals surface area (Å²) in [6, 6.07) is 5.20. The van der Waals surface area contributed by atoms with Crippen LogP contribution in [0.2, 0.25) is 0 Å². The molecule has 0 saturated carbocycles. The summed E-state index contributed by atoms with van der Waals surface area (Å²) in [5, 5.41) is 20.8. The van der Waals surface area contributed by atoms with Gasteiger partial charge >= 0.3 is 12.1 Å². The molecule has 4 rings (SSSR count). The number of carboxylic acid groups (broad SMARTS) is 1. The maximum atomic E-state index is 13.3. The van der Waals surface area contributed by atoms with E-state index in [0.717, 1.165) is 24.0 Å². The van der Waals surface area contributed by atoms with E-state index in [0.29, 0.717) is 30.2 Å². The summed E-state index contributed by atoms with van der Waals surface area (Å²) in [5.41, 5.74) is 0.254. The van der Waals surface area contributed by atoms with Crippen LogP contribution in [0.5, 0.6) is 0 Å². The molecular formula is C20H14F3N7O2. The van der Waals surface area contributed by atoms with Gasteiger partial charge in [0.1, 0.15) is 12.1 Å². The molecule has 0 fully saturated rings. The topological polar surface area (TPSA) is 128 Å². The zero-order valence-electron chi connectivity index (χ0n) is 16.3. The Morgan fingerprint density at radius 1 is 1.19 bits per heavy atom. The van der Waals surface area contributed by atoms with Gasteiger partial charge in [-0.25, -0.2) is 24.7 Å². The lowest BCUT2D eigenvalue weighted by Gasteiger charge is -2.31. The van der Waals surface area contributed by atoms with E-state index < -0.39 is 23.3 Å². The second kappa shape index (κ2) is 8.10. The second-order valence-electron chi connectivity index (χ2n) is 6.88. The number of fused-ring (bicyclic) bond motifs is 1. The minimum absolute atomic E-state index is 0.0587. The number of hydrogen-bond acceptors (Lipinski definition) is 8. The third-order valence-corrected chi connectivity index (χ3v) is 4.93. The number of halogens is 3. The minimum atomic E-state index is -4.63. The van der Waals surface area contributed by atoms with Crippen molar-refractivity contribution in [3.63, 3.8) is 0 Å². The Balaban J connectivity index is 1.58. The van der Waals surface area contributed by atoms with Gasteiger partial charge in [-0.2, -0.15) is 18.4 Å². The van der Waals surface area contributed by atoms with Crippen molar-refractivity contribution in [3.8, 4) is 6.07 Å². The predicted octanol–water partition coefficient (Wildman–Crippen LogP) is 3.16. The van der Waals surface area contributed by atoms with Gasteiger partial charge in [-0.3, -0.25) is 0 Å². The molecule has 0 aliphatic carbocycles. The third kappa shape index (κ3) is 4.13. The van der Waals surface area contributed by atoms with Gasteiger partial charge in [0, 0.05) is 30.2 Å². The summed E-state index contributed by atoms with van der Waals surface area (Å²) in [4.78, 5) is 29.0. The van der Waals surface area contributed by atoms with Crippen molar-refractivity contribution >= 4 is 23.4 Å². The van der Waals surface area contributed by atoms with Crippen molar-refractivity contribution in [1.82, 2.24) is 19.9 Å². The van der Waals surface area contributed by atoms with E-state index >= 15 is 0 Å². The van der Waals surface area contributed by atoms with Gasteiger partial charge in [0.25, 0.3) is 0 Å². The summed E-state index contributed by atoms with van der Waals surface area (Å²) in [7, 11) is 0. The van der Waals surface area contributed by atoms with E-state index in [1.54, 1.807) is 11.0 Å². The van der Waals surface area contributed by atoms with Crippen LogP contribution in [-0.2, 0) is 19.1 Å². The lowest BCUT2D eigenvalue weighted by atomic mass is 10.0. The molecule has 2 N–H and O–H groups in total. The second-order valence-corrected chi connectivity index (χ2v) is 6.88. The number of aromatic nitrogens is 4. The van der Waals surface area contributed by atoms with Crippen molar-refractivity contribution in [1.29, 1.82) is 5.26 Å². The fourth-order valence-corrected chi connectivity index (χ4v) is 3.35. The maximum absolute atomic E-state index is 13.3. The molecule has 1 aliphatic heterocycles. The van der Waals surface area contributed by atoms with Crippen molar-refractivity contribution < 1.29 is 23.1 Å². The van der Waals surface area contributed by atoms with Crippen LogP contribution in [-0.4, -0.2) is 37.6 Å². The summed E-state index contributed by atoms with van der Waals surface area (Å²) in [6.45, 7) is 0.644. The first-order chi connectivity index (χ1) is 15.3. The van der Waals surface area contributed by atoms with Crippen LogP contribution >= 0.6 is 0 Å². The number of aromatic carboxylic acids is 1.